The van der Waals surface area contributed by atoms with E-state index >= 15 is 0 Å². The molecule has 1 fully saturated rings. The summed E-state index contributed by atoms with van der Waals surface area (Å²) in [4.78, 5) is 18.0. The molecule has 1 aliphatic rings. The molecule has 0 bridgehead atoms. The van der Waals surface area contributed by atoms with Gasteiger partial charge in [-0.15, -0.1) is 0 Å². The first-order valence-corrected chi connectivity index (χ1v) is 6.24. The summed E-state index contributed by atoms with van der Waals surface area (Å²) < 4.78 is 0. The van der Waals surface area contributed by atoms with Crippen molar-refractivity contribution >= 4 is 5.91 Å². The van der Waals surface area contributed by atoms with E-state index in [0.717, 1.165) is 31.6 Å². The zero-order valence-electron chi connectivity index (χ0n) is 10.1. The fourth-order valence-electron chi connectivity index (χ4n) is 2.06. The molecule has 1 aliphatic heterocycles. The highest BCUT2D eigenvalue weighted by molar-refractivity contribution is 5.78. The first-order valence-electron chi connectivity index (χ1n) is 6.24. The van der Waals surface area contributed by atoms with E-state index in [1.807, 2.05) is 23.1 Å². The minimum absolute atomic E-state index is 0.209. The molecule has 0 radical (unpaired) electrons. The molecule has 0 aromatic carbocycles. The largest absolute Gasteiger partial charge is 0.342 e. The number of hydrogen-bond acceptors (Lipinski definition) is 3. The molecule has 17 heavy (non-hydrogen) atoms. The Balaban J connectivity index is 1.69. The topological polar surface area (TPSA) is 45.2 Å². The smallest absolute Gasteiger partial charge is 0.236 e. The zero-order valence-corrected chi connectivity index (χ0v) is 10.1. The average molecular weight is 233 g/mol. The summed E-state index contributed by atoms with van der Waals surface area (Å²) in [5.74, 6) is 0.209. The number of amides is 1. The second-order valence-corrected chi connectivity index (χ2v) is 4.37. The lowest BCUT2D eigenvalue weighted by molar-refractivity contribution is -0.131. The summed E-state index contributed by atoms with van der Waals surface area (Å²) in [5, 5.41) is 3.15. The molecule has 0 unspecified atom stereocenters. The van der Waals surface area contributed by atoms with Crippen molar-refractivity contribution in [3.63, 3.8) is 0 Å². The Kier molecular flexibility index (Phi) is 4.50. The lowest BCUT2D eigenvalue weighted by Crippen LogP contribution is -2.41. The predicted octanol–water partition coefficient (Wildman–Crippen LogP) is 1.18. The fourth-order valence-corrected chi connectivity index (χ4v) is 2.06. The van der Waals surface area contributed by atoms with Crippen LogP contribution in [0.2, 0.25) is 0 Å². The molecule has 1 aromatic rings. The number of nitrogens with zero attached hydrogens (tertiary/aromatic N) is 2. The highest BCUT2D eigenvalue weighted by Gasteiger charge is 2.15. The summed E-state index contributed by atoms with van der Waals surface area (Å²) in [7, 11) is 0. The highest BCUT2D eigenvalue weighted by Crippen LogP contribution is 2.08. The van der Waals surface area contributed by atoms with Gasteiger partial charge in [0.25, 0.3) is 0 Å². The monoisotopic (exact) mass is 233 g/mol. The molecule has 2 heterocycles. The van der Waals surface area contributed by atoms with Crippen LogP contribution in [0.1, 0.15) is 25.0 Å². The number of carbonyl (C=O) groups is 1. The Morgan fingerprint density at radius 3 is 2.82 bits per heavy atom. The Labute approximate surface area is 102 Å². The van der Waals surface area contributed by atoms with Crippen molar-refractivity contribution in [1.82, 2.24) is 15.2 Å². The number of rotatable bonds is 4. The number of piperidine rings is 1. The quantitative estimate of drug-likeness (QED) is 0.849. The first kappa shape index (κ1) is 12.0. The van der Waals surface area contributed by atoms with Crippen molar-refractivity contribution in [2.24, 2.45) is 0 Å². The summed E-state index contributed by atoms with van der Waals surface area (Å²) in [6.07, 6.45) is 5.31. The fraction of sp³-hybridized carbons (Fsp3) is 0.538. The summed E-state index contributed by atoms with van der Waals surface area (Å²) >= 11 is 0. The molecule has 1 aromatic heterocycles. The van der Waals surface area contributed by atoms with Crippen LogP contribution in [0.3, 0.4) is 0 Å². The molecule has 1 amide bonds. The third-order valence-corrected chi connectivity index (χ3v) is 3.02. The normalized spacial score (nSPS) is 15.9. The van der Waals surface area contributed by atoms with Crippen molar-refractivity contribution in [3.05, 3.63) is 30.1 Å². The Hall–Kier alpha value is -1.42. The van der Waals surface area contributed by atoms with E-state index in [9.17, 15) is 4.79 Å². The third kappa shape index (κ3) is 3.82. The molecule has 4 heteroatoms. The van der Waals surface area contributed by atoms with Gasteiger partial charge >= 0.3 is 0 Å². The van der Waals surface area contributed by atoms with Crippen LogP contribution in [0.25, 0.3) is 0 Å². The number of carbonyl (C=O) groups excluding carboxylic acids is 1. The molecule has 2 rings (SSSR count). The SMILES string of the molecule is O=C(CNCc1ccccn1)N1CCCCC1. The van der Waals surface area contributed by atoms with Gasteiger partial charge in [0.2, 0.25) is 5.91 Å². The van der Waals surface area contributed by atoms with Gasteiger partial charge in [-0.1, -0.05) is 6.07 Å². The molecule has 0 atom stereocenters. The second-order valence-electron chi connectivity index (χ2n) is 4.37. The van der Waals surface area contributed by atoms with Crippen LogP contribution in [-0.4, -0.2) is 35.4 Å². The summed E-state index contributed by atoms with van der Waals surface area (Å²) in [6.45, 7) is 2.91. The Morgan fingerprint density at radius 2 is 2.12 bits per heavy atom. The van der Waals surface area contributed by atoms with E-state index in [1.165, 1.54) is 6.42 Å². The van der Waals surface area contributed by atoms with Crippen molar-refractivity contribution < 1.29 is 4.79 Å². The van der Waals surface area contributed by atoms with E-state index in [2.05, 4.69) is 10.3 Å². The van der Waals surface area contributed by atoms with Gasteiger partial charge in [-0.05, 0) is 31.4 Å². The lowest BCUT2D eigenvalue weighted by atomic mass is 10.1. The highest BCUT2D eigenvalue weighted by atomic mass is 16.2. The minimum atomic E-state index is 0.209. The number of nitrogens with one attached hydrogen (secondary N) is 1. The van der Waals surface area contributed by atoms with Crippen LogP contribution in [-0.2, 0) is 11.3 Å². The number of hydrogen-bond donors (Lipinski definition) is 1. The molecule has 1 N–H and O–H groups in total. The molecule has 4 nitrogen and oxygen atoms in total. The van der Waals surface area contributed by atoms with Crippen LogP contribution in [0, 0.1) is 0 Å². The molecule has 0 saturated carbocycles. The molecule has 0 aliphatic carbocycles. The zero-order chi connectivity index (χ0) is 11.9. The number of likely N-dealkylation sites (tertiary alicyclic amines) is 1. The number of aromatic nitrogens is 1. The van der Waals surface area contributed by atoms with E-state index in [0.29, 0.717) is 13.1 Å². The van der Waals surface area contributed by atoms with E-state index in [-0.39, 0.29) is 5.91 Å². The average Bonchev–Trinajstić information content (AvgIpc) is 2.41. The van der Waals surface area contributed by atoms with Crippen molar-refractivity contribution in [2.45, 2.75) is 25.8 Å². The standard InChI is InChI=1S/C13H19N3O/c17-13(16-8-4-1-5-9-16)11-14-10-12-6-2-3-7-15-12/h2-3,6-7,14H,1,4-5,8-11H2. The van der Waals surface area contributed by atoms with Crippen LogP contribution in [0.15, 0.2) is 24.4 Å². The molecular weight excluding hydrogens is 214 g/mol. The van der Waals surface area contributed by atoms with Gasteiger partial charge in [-0.25, -0.2) is 0 Å². The van der Waals surface area contributed by atoms with Gasteiger partial charge in [-0.3, -0.25) is 9.78 Å². The van der Waals surface area contributed by atoms with Gasteiger partial charge in [0.05, 0.1) is 12.2 Å². The maximum atomic E-state index is 11.8. The van der Waals surface area contributed by atoms with Gasteiger partial charge < -0.3 is 10.2 Å². The molecule has 1 saturated heterocycles. The summed E-state index contributed by atoms with van der Waals surface area (Å²) in [6, 6.07) is 5.80. The van der Waals surface area contributed by atoms with Gasteiger partial charge in [0, 0.05) is 25.8 Å². The first-order chi connectivity index (χ1) is 8.36. The van der Waals surface area contributed by atoms with Crippen LogP contribution in [0.4, 0.5) is 0 Å². The maximum Gasteiger partial charge on any atom is 0.236 e. The van der Waals surface area contributed by atoms with E-state index in [1.54, 1.807) is 6.20 Å². The van der Waals surface area contributed by atoms with Gasteiger partial charge in [0.15, 0.2) is 0 Å². The minimum Gasteiger partial charge on any atom is -0.342 e. The second kappa shape index (κ2) is 6.35. The van der Waals surface area contributed by atoms with Crippen LogP contribution >= 0.6 is 0 Å². The Morgan fingerprint density at radius 1 is 1.29 bits per heavy atom. The van der Waals surface area contributed by atoms with Gasteiger partial charge in [0.1, 0.15) is 0 Å². The summed E-state index contributed by atoms with van der Waals surface area (Å²) in [5.41, 5.74) is 0.971. The lowest BCUT2D eigenvalue weighted by Gasteiger charge is -2.26. The van der Waals surface area contributed by atoms with Crippen LogP contribution < -0.4 is 5.32 Å². The number of pyridine rings is 1. The molecule has 0 spiro atoms. The van der Waals surface area contributed by atoms with Gasteiger partial charge in [-0.2, -0.15) is 0 Å². The van der Waals surface area contributed by atoms with E-state index in [4.69, 9.17) is 0 Å². The molecular formula is C13H19N3O. The predicted molar refractivity (Wildman–Crippen MR) is 66.4 cm³/mol. The Bertz CT molecular complexity index is 347. The third-order valence-electron chi connectivity index (χ3n) is 3.02. The maximum absolute atomic E-state index is 11.8. The van der Waals surface area contributed by atoms with Crippen molar-refractivity contribution in [3.8, 4) is 0 Å². The molecule has 92 valence electrons. The van der Waals surface area contributed by atoms with Crippen LogP contribution in [0.5, 0.6) is 0 Å². The van der Waals surface area contributed by atoms with E-state index < -0.39 is 0 Å². The van der Waals surface area contributed by atoms with Crippen molar-refractivity contribution in [1.29, 1.82) is 0 Å². The van der Waals surface area contributed by atoms with Crippen molar-refractivity contribution in [2.75, 3.05) is 19.6 Å².